The van der Waals surface area contributed by atoms with Crippen molar-refractivity contribution in [1.29, 1.82) is 0 Å². The average Bonchev–Trinajstić information content (AvgIpc) is 3.15. The summed E-state index contributed by atoms with van der Waals surface area (Å²) in [5.41, 5.74) is 1.68. The van der Waals surface area contributed by atoms with Gasteiger partial charge in [0.15, 0.2) is 12.1 Å². The number of rotatable bonds is 5. The van der Waals surface area contributed by atoms with Crippen LogP contribution in [0.4, 0.5) is 0 Å². The number of hydrogen-bond donors (Lipinski definition) is 2. The van der Waals surface area contributed by atoms with Gasteiger partial charge in [0.05, 0.1) is 0 Å². The SMILES string of the molecule is CCc1ocnc1C(=O)N[C@@H]1CCC[C@@H](NC(=O)c2c(C)cc(C)n(C)c2=O)C1. The molecule has 0 aromatic carbocycles. The minimum atomic E-state index is -0.357. The molecule has 0 spiro atoms. The van der Waals surface area contributed by atoms with Gasteiger partial charge in [-0.3, -0.25) is 14.4 Å². The summed E-state index contributed by atoms with van der Waals surface area (Å²) in [6.07, 6.45) is 5.01. The van der Waals surface area contributed by atoms with Gasteiger partial charge in [-0.15, -0.1) is 0 Å². The number of nitrogens with one attached hydrogen (secondary N) is 2. The summed E-state index contributed by atoms with van der Waals surface area (Å²) in [4.78, 5) is 41.8. The quantitative estimate of drug-likeness (QED) is 0.799. The molecule has 0 saturated heterocycles. The second kappa shape index (κ2) is 8.63. The predicted molar refractivity (Wildman–Crippen MR) is 108 cm³/mol. The van der Waals surface area contributed by atoms with Crippen LogP contribution in [0, 0.1) is 13.8 Å². The fraction of sp³-hybridized carbons (Fsp3) is 0.524. The standard InChI is InChI=1S/C21H28N4O4/c1-5-16-18(22-11-29-16)20(27)24-15-8-6-7-14(10-15)23-19(26)17-12(2)9-13(3)25(4)21(17)28/h9,11,14-15H,5-8,10H2,1-4H3,(H,23,26)(H,24,27)/t14-,15-/m1/s1. The lowest BCUT2D eigenvalue weighted by Gasteiger charge is -2.30. The summed E-state index contributed by atoms with van der Waals surface area (Å²) in [5, 5.41) is 5.99. The number of aromatic nitrogens is 2. The third-order valence-corrected chi connectivity index (χ3v) is 5.62. The van der Waals surface area contributed by atoms with E-state index in [-0.39, 0.29) is 35.0 Å². The summed E-state index contributed by atoms with van der Waals surface area (Å²) < 4.78 is 6.71. The van der Waals surface area contributed by atoms with Crippen molar-refractivity contribution >= 4 is 11.8 Å². The number of oxazole rings is 1. The Hall–Kier alpha value is -2.90. The molecule has 0 unspecified atom stereocenters. The molecule has 1 fully saturated rings. The van der Waals surface area contributed by atoms with Gasteiger partial charge < -0.3 is 19.6 Å². The van der Waals surface area contributed by atoms with Crippen LogP contribution in [0.2, 0.25) is 0 Å². The predicted octanol–water partition coefficient (Wildman–Crippen LogP) is 2.02. The van der Waals surface area contributed by atoms with Crippen LogP contribution in [0.5, 0.6) is 0 Å². The molecule has 29 heavy (non-hydrogen) atoms. The van der Waals surface area contributed by atoms with Crippen molar-refractivity contribution in [3.8, 4) is 0 Å². The molecule has 1 aliphatic rings. The first kappa shape index (κ1) is 20.8. The molecular weight excluding hydrogens is 372 g/mol. The Balaban J connectivity index is 1.66. The number of nitrogens with zero attached hydrogens (tertiary/aromatic N) is 2. The molecule has 1 saturated carbocycles. The molecule has 2 N–H and O–H groups in total. The van der Waals surface area contributed by atoms with Crippen molar-refractivity contribution in [3.05, 3.63) is 51.1 Å². The van der Waals surface area contributed by atoms with E-state index >= 15 is 0 Å². The zero-order chi connectivity index (χ0) is 21.1. The van der Waals surface area contributed by atoms with E-state index in [9.17, 15) is 14.4 Å². The Labute approximate surface area is 169 Å². The zero-order valence-corrected chi connectivity index (χ0v) is 17.4. The lowest BCUT2D eigenvalue weighted by molar-refractivity contribution is 0.0898. The molecule has 1 aliphatic carbocycles. The van der Waals surface area contributed by atoms with Gasteiger partial charge in [-0.1, -0.05) is 6.92 Å². The highest BCUT2D eigenvalue weighted by atomic mass is 16.3. The fourth-order valence-electron chi connectivity index (χ4n) is 3.92. The molecular formula is C21H28N4O4. The number of pyridine rings is 1. The maximum absolute atomic E-state index is 12.8. The Kier molecular flexibility index (Phi) is 6.20. The summed E-state index contributed by atoms with van der Waals surface area (Å²) in [6.45, 7) is 5.51. The van der Waals surface area contributed by atoms with E-state index in [1.54, 1.807) is 14.0 Å². The van der Waals surface area contributed by atoms with Gasteiger partial charge in [0.1, 0.15) is 11.3 Å². The number of carbonyl (C=O) groups excluding carboxylic acids is 2. The minimum Gasteiger partial charge on any atom is -0.448 e. The molecule has 3 rings (SSSR count). The van der Waals surface area contributed by atoms with Gasteiger partial charge in [-0.05, 0) is 51.2 Å². The summed E-state index contributed by atoms with van der Waals surface area (Å²) in [7, 11) is 1.66. The monoisotopic (exact) mass is 400 g/mol. The molecule has 0 bridgehead atoms. The highest BCUT2D eigenvalue weighted by Gasteiger charge is 2.27. The van der Waals surface area contributed by atoms with Gasteiger partial charge in [0, 0.05) is 31.2 Å². The maximum atomic E-state index is 12.8. The highest BCUT2D eigenvalue weighted by molar-refractivity contribution is 5.95. The van der Waals surface area contributed by atoms with E-state index in [1.807, 2.05) is 19.9 Å². The molecule has 2 heterocycles. The van der Waals surface area contributed by atoms with Crippen molar-refractivity contribution in [2.45, 2.75) is 65.0 Å². The smallest absolute Gasteiger partial charge is 0.273 e. The average molecular weight is 400 g/mol. The molecule has 156 valence electrons. The van der Waals surface area contributed by atoms with Gasteiger partial charge in [-0.2, -0.15) is 0 Å². The molecule has 0 radical (unpaired) electrons. The van der Waals surface area contributed by atoms with Gasteiger partial charge in [0.25, 0.3) is 17.4 Å². The van der Waals surface area contributed by atoms with Crippen LogP contribution < -0.4 is 16.2 Å². The largest absolute Gasteiger partial charge is 0.448 e. The molecule has 8 nitrogen and oxygen atoms in total. The summed E-state index contributed by atoms with van der Waals surface area (Å²) in [5.74, 6) is -0.0467. The van der Waals surface area contributed by atoms with E-state index in [0.717, 1.165) is 25.0 Å². The van der Waals surface area contributed by atoms with Crippen molar-refractivity contribution in [3.63, 3.8) is 0 Å². The second-order valence-corrected chi connectivity index (χ2v) is 7.69. The topological polar surface area (TPSA) is 106 Å². The molecule has 8 heteroatoms. The van der Waals surface area contributed by atoms with Gasteiger partial charge in [0.2, 0.25) is 0 Å². The number of aryl methyl sites for hydroxylation is 3. The Morgan fingerprint density at radius 3 is 2.52 bits per heavy atom. The van der Waals surface area contributed by atoms with Crippen molar-refractivity contribution in [2.24, 2.45) is 7.05 Å². The van der Waals surface area contributed by atoms with Crippen LogP contribution in [0.1, 0.15) is 70.5 Å². The van der Waals surface area contributed by atoms with Crippen molar-refractivity contribution in [1.82, 2.24) is 20.2 Å². The second-order valence-electron chi connectivity index (χ2n) is 7.69. The maximum Gasteiger partial charge on any atom is 0.273 e. The Morgan fingerprint density at radius 2 is 1.86 bits per heavy atom. The minimum absolute atomic E-state index is 0.0649. The number of amides is 2. The molecule has 2 atom stereocenters. The highest BCUT2D eigenvalue weighted by Crippen LogP contribution is 2.20. The fourth-order valence-corrected chi connectivity index (χ4v) is 3.92. The molecule has 0 aliphatic heterocycles. The van der Waals surface area contributed by atoms with Crippen molar-refractivity contribution in [2.75, 3.05) is 0 Å². The van der Waals surface area contributed by atoms with Crippen LogP contribution in [0.25, 0.3) is 0 Å². The van der Waals surface area contributed by atoms with Crippen LogP contribution in [-0.2, 0) is 13.5 Å². The van der Waals surface area contributed by atoms with E-state index in [4.69, 9.17) is 4.42 Å². The lowest BCUT2D eigenvalue weighted by atomic mass is 9.90. The van der Waals surface area contributed by atoms with E-state index < -0.39 is 0 Å². The van der Waals surface area contributed by atoms with Crippen molar-refractivity contribution < 1.29 is 14.0 Å². The third kappa shape index (κ3) is 4.41. The molecule has 2 amide bonds. The van der Waals surface area contributed by atoms with Crippen LogP contribution in [0.3, 0.4) is 0 Å². The Bertz CT molecular complexity index is 976. The first-order chi connectivity index (χ1) is 13.8. The molecule has 2 aromatic rings. The zero-order valence-electron chi connectivity index (χ0n) is 17.4. The normalized spacial score (nSPS) is 19.0. The third-order valence-electron chi connectivity index (χ3n) is 5.62. The van der Waals surface area contributed by atoms with Gasteiger partial charge in [-0.25, -0.2) is 4.98 Å². The molecule has 2 aromatic heterocycles. The summed E-state index contributed by atoms with van der Waals surface area (Å²) >= 11 is 0. The first-order valence-electron chi connectivity index (χ1n) is 10.0. The van der Waals surface area contributed by atoms with Crippen LogP contribution in [-0.4, -0.2) is 33.4 Å². The first-order valence-corrected chi connectivity index (χ1v) is 10.0. The van der Waals surface area contributed by atoms with E-state index in [1.165, 1.54) is 11.0 Å². The van der Waals surface area contributed by atoms with E-state index in [0.29, 0.717) is 29.9 Å². The van der Waals surface area contributed by atoms with Crippen LogP contribution in [0.15, 0.2) is 21.7 Å². The number of hydrogen-bond acceptors (Lipinski definition) is 5. The van der Waals surface area contributed by atoms with Gasteiger partial charge >= 0.3 is 0 Å². The van der Waals surface area contributed by atoms with E-state index in [2.05, 4.69) is 15.6 Å². The number of carbonyl (C=O) groups is 2. The lowest BCUT2D eigenvalue weighted by Crippen LogP contribution is -2.47. The Morgan fingerprint density at radius 1 is 1.21 bits per heavy atom. The van der Waals surface area contributed by atoms with Crippen LogP contribution >= 0.6 is 0 Å². The summed E-state index contributed by atoms with van der Waals surface area (Å²) in [6, 6.07) is 1.67.